The Labute approximate surface area is 140 Å². The molecule has 1 aromatic rings. The number of hydrogen-bond acceptors (Lipinski definition) is 5. The monoisotopic (exact) mass is 367 g/mol. The summed E-state index contributed by atoms with van der Waals surface area (Å²) < 4.78 is 45.1. The van der Waals surface area contributed by atoms with Crippen molar-refractivity contribution in [2.75, 3.05) is 19.0 Å². The smallest absolute Gasteiger partial charge is 0.243 e. The first kappa shape index (κ1) is 19.8. The Balaban J connectivity index is 0.00000264. The van der Waals surface area contributed by atoms with Gasteiger partial charge in [-0.3, -0.25) is 4.79 Å². The maximum Gasteiger partial charge on any atom is 0.243 e. The van der Waals surface area contributed by atoms with Gasteiger partial charge in [0.15, 0.2) is 0 Å². The molecule has 0 heterocycles. The minimum absolute atomic E-state index is 0. The second-order valence-corrected chi connectivity index (χ2v) is 6.77. The standard InChI is InChI=1S/C13H18FN3O4S.ClH/c1-21-7-11(15)13(18)16-9-4-5-10(14)12(6-9)22(19,20)17-8-2-3-8;/h4-6,8,11,17H,2-3,7,15H2,1H3,(H,16,18);1H. The molecule has 10 heteroatoms. The fraction of sp³-hybridized carbons (Fsp3) is 0.462. The van der Waals surface area contributed by atoms with E-state index in [0.29, 0.717) is 0 Å². The molecule has 1 saturated carbocycles. The molecule has 1 unspecified atom stereocenters. The van der Waals surface area contributed by atoms with Crippen molar-refractivity contribution in [1.82, 2.24) is 4.72 Å². The predicted molar refractivity (Wildman–Crippen MR) is 85.5 cm³/mol. The molecule has 0 spiro atoms. The van der Waals surface area contributed by atoms with Crippen molar-refractivity contribution in [3.63, 3.8) is 0 Å². The molecule has 23 heavy (non-hydrogen) atoms. The minimum atomic E-state index is -3.95. The molecule has 1 aliphatic rings. The second kappa shape index (κ2) is 8.02. The molecule has 1 amide bonds. The van der Waals surface area contributed by atoms with Crippen LogP contribution in [0.25, 0.3) is 0 Å². The summed E-state index contributed by atoms with van der Waals surface area (Å²) in [5.74, 6) is -1.43. The lowest BCUT2D eigenvalue weighted by Crippen LogP contribution is -2.39. The highest BCUT2D eigenvalue weighted by Crippen LogP contribution is 2.25. The van der Waals surface area contributed by atoms with E-state index in [1.54, 1.807) is 0 Å². The average Bonchev–Trinajstić information content (AvgIpc) is 3.24. The topological polar surface area (TPSA) is 111 Å². The van der Waals surface area contributed by atoms with Crippen LogP contribution < -0.4 is 15.8 Å². The average molecular weight is 368 g/mol. The van der Waals surface area contributed by atoms with Crippen LogP contribution in [0.3, 0.4) is 0 Å². The summed E-state index contributed by atoms with van der Waals surface area (Å²) in [6.07, 6.45) is 1.48. The zero-order valence-corrected chi connectivity index (χ0v) is 14.0. The highest BCUT2D eigenvalue weighted by molar-refractivity contribution is 7.89. The number of hydrogen-bond donors (Lipinski definition) is 3. The number of rotatable bonds is 7. The van der Waals surface area contributed by atoms with Gasteiger partial charge in [0.05, 0.1) is 6.61 Å². The molecule has 130 valence electrons. The van der Waals surface area contributed by atoms with Gasteiger partial charge < -0.3 is 15.8 Å². The van der Waals surface area contributed by atoms with Crippen molar-refractivity contribution in [3.8, 4) is 0 Å². The summed E-state index contributed by atoms with van der Waals surface area (Å²) >= 11 is 0. The molecule has 2 rings (SSSR count). The Morgan fingerprint density at radius 3 is 2.70 bits per heavy atom. The maximum absolute atomic E-state index is 13.8. The molecular weight excluding hydrogens is 349 g/mol. The largest absolute Gasteiger partial charge is 0.383 e. The number of methoxy groups -OCH3 is 1. The van der Waals surface area contributed by atoms with Crippen LogP contribution >= 0.6 is 12.4 Å². The lowest BCUT2D eigenvalue weighted by atomic mass is 10.2. The first-order chi connectivity index (χ1) is 10.3. The van der Waals surface area contributed by atoms with Crippen LogP contribution in [0.2, 0.25) is 0 Å². The number of nitrogens with two attached hydrogens (primary N) is 1. The number of benzene rings is 1. The molecule has 1 fully saturated rings. The van der Waals surface area contributed by atoms with Crippen LogP contribution in [0.5, 0.6) is 0 Å². The molecule has 0 saturated heterocycles. The van der Waals surface area contributed by atoms with Crippen LogP contribution in [0.1, 0.15) is 12.8 Å². The van der Waals surface area contributed by atoms with Crippen molar-refractivity contribution in [3.05, 3.63) is 24.0 Å². The van der Waals surface area contributed by atoms with Gasteiger partial charge in [0.1, 0.15) is 16.8 Å². The van der Waals surface area contributed by atoms with Gasteiger partial charge >= 0.3 is 0 Å². The van der Waals surface area contributed by atoms with Gasteiger partial charge in [-0.25, -0.2) is 17.5 Å². The Bertz CT molecular complexity index is 667. The molecule has 4 N–H and O–H groups in total. The van der Waals surface area contributed by atoms with Crippen LogP contribution in [-0.2, 0) is 19.6 Å². The summed E-state index contributed by atoms with van der Waals surface area (Å²) in [5.41, 5.74) is 5.71. The molecule has 0 bridgehead atoms. The van der Waals surface area contributed by atoms with E-state index in [2.05, 4.69) is 10.0 Å². The highest BCUT2D eigenvalue weighted by atomic mass is 35.5. The number of anilines is 1. The van der Waals surface area contributed by atoms with E-state index in [1.165, 1.54) is 13.2 Å². The Kier molecular flexibility index (Phi) is 6.90. The van der Waals surface area contributed by atoms with Crippen LogP contribution in [0, 0.1) is 5.82 Å². The molecular formula is C13H19ClFN3O4S. The summed E-state index contributed by atoms with van der Waals surface area (Å²) in [5, 5.41) is 2.43. The Morgan fingerprint density at radius 2 is 2.13 bits per heavy atom. The zero-order valence-electron chi connectivity index (χ0n) is 12.4. The van der Waals surface area contributed by atoms with Gasteiger partial charge in [0.25, 0.3) is 0 Å². The zero-order chi connectivity index (χ0) is 16.3. The van der Waals surface area contributed by atoms with Crippen molar-refractivity contribution < 1.29 is 22.3 Å². The first-order valence-electron chi connectivity index (χ1n) is 6.71. The highest BCUT2D eigenvalue weighted by Gasteiger charge is 2.30. The van der Waals surface area contributed by atoms with Crippen LogP contribution in [0.15, 0.2) is 23.1 Å². The van der Waals surface area contributed by atoms with Crippen molar-refractivity contribution >= 4 is 34.0 Å². The number of nitrogens with one attached hydrogen (secondary N) is 2. The number of halogens is 2. The predicted octanol–water partition coefficient (Wildman–Crippen LogP) is 0.600. The number of sulfonamides is 1. The van der Waals surface area contributed by atoms with E-state index in [1.807, 2.05) is 0 Å². The number of carbonyl (C=O) groups excluding carboxylic acids is 1. The van der Waals surface area contributed by atoms with Crippen LogP contribution in [0.4, 0.5) is 10.1 Å². The van der Waals surface area contributed by atoms with Gasteiger partial charge in [-0.05, 0) is 31.0 Å². The number of ether oxygens (including phenoxy) is 1. The number of amides is 1. The van der Waals surface area contributed by atoms with Gasteiger partial charge in [-0.1, -0.05) is 0 Å². The summed E-state index contributed by atoms with van der Waals surface area (Å²) in [6.45, 7) is 0.0153. The van der Waals surface area contributed by atoms with Crippen molar-refractivity contribution in [1.29, 1.82) is 0 Å². The fourth-order valence-corrected chi connectivity index (χ4v) is 3.17. The van der Waals surface area contributed by atoms with Crippen LogP contribution in [-0.4, -0.2) is 40.1 Å². The quantitative estimate of drug-likeness (QED) is 0.653. The summed E-state index contributed by atoms with van der Waals surface area (Å²) in [6, 6.07) is 2.27. The molecule has 1 atom stereocenters. The second-order valence-electron chi connectivity index (χ2n) is 5.09. The summed E-state index contributed by atoms with van der Waals surface area (Å²) in [7, 11) is -2.55. The molecule has 0 aromatic heterocycles. The lowest BCUT2D eigenvalue weighted by Gasteiger charge is -2.13. The van der Waals surface area contributed by atoms with Crippen molar-refractivity contribution in [2.45, 2.75) is 29.8 Å². The first-order valence-corrected chi connectivity index (χ1v) is 8.19. The fourth-order valence-electron chi connectivity index (χ4n) is 1.76. The van der Waals surface area contributed by atoms with Crippen molar-refractivity contribution in [2.24, 2.45) is 5.73 Å². The van der Waals surface area contributed by atoms with Gasteiger partial charge in [-0.2, -0.15) is 0 Å². The lowest BCUT2D eigenvalue weighted by molar-refractivity contribution is -0.118. The van der Waals surface area contributed by atoms with E-state index in [4.69, 9.17) is 10.5 Å². The van der Waals surface area contributed by atoms with Gasteiger partial charge in [0, 0.05) is 18.8 Å². The third-order valence-electron chi connectivity index (χ3n) is 3.07. The minimum Gasteiger partial charge on any atom is -0.383 e. The molecule has 1 aliphatic carbocycles. The normalized spacial score (nSPS) is 15.6. The van der Waals surface area contributed by atoms with E-state index < -0.39 is 32.7 Å². The molecule has 0 radical (unpaired) electrons. The van der Waals surface area contributed by atoms with E-state index in [-0.39, 0.29) is 30.7 Å². The molecule has 1 aromatic carbocycles. The third kappa shape index (κ3) is 5.40. The van der Waals surface area contributed by atoms with E-state index >= 15 is 0 Å². The van der Waals surface area contributed by atoms with E-state index in [9.17, 15) is 17.6 Å². The Hall–Kier alpha value is -1.26. The van der Waals surface area contributed by atoms with Gasteiger partial charge in [-0.15, -0.1) is 12.4 Å². The van der Waals surface area contributed by atoms with Gasteiger partial charge in [0.2, 0.25) is 15.9 Å². The van der Waals surface area contributed by atoms with E-state index in [0.717, 1.165) is 25.0 Å². The molecule has 0 aliphatic heterocycles. The summed E-state index contributed by atoms with van der Waals surface area (Å²) in [4.78, 5) is 11.3. The maximum atomic E-state index is 13.8. The Morgan fingerprint density at radius 1 is 1.48 bits per heavy atom. The number of carbonyl (C=O) groups is 1. The molecule has 7 nitrogen and oxygen atoms in total. The third-order valence-corrected chi connectivity index (χ3v) is 4.61. The SMILES string of the molecule is COCC(N)C(=O)Nc1ccc(F)c(S(=O)(=O)NC2CC2)c1.Cl.